The van der Waals surface area contributed by atoms with Crippen molar-refractivity contribution in [1.82, 2.24) is 10.2 Å². The SMILES string of the molecule is CC(=O)NC1CN(C(=O)Nc2c(C)cc(Cl)c3ccccc23)C1. The minimum Gasteiger partial charge on any atom is -0.350 e. The number of nitrogens with zero attached hydrogens (tertiary/aromatic N) is 1. The predicted molar refractivity (Wildman–Crippen MR) is 91.9 cm³/mol. The summed E-state index contributed by atoms with van der Waals surface area (Å²) in [6.45, 7) is 4.45. The second kappa shape index (κ2) is 6.08. The van der Waals surface area contributed by atoms with E-state index < -0.39 is 0 Å². The van der Waals surface area contributed by atoms with Crippen molar-refractivity contribution < 1.29 is 9.59 Å². The number of hydrogen-bond donors (Lipinski definition) is 2. The van der Waals surface area contributed by atoms with Crippen LogP contribution >= 0.6 is 11.6 Å². The lowest BCUT2D eigenvalue weighted by atomic mass is 10.0. The average Bonchev–Trinajstić information content (AvgIpc) is 2.46. The van der Waals surface area contributed by atoms with Crippen LogP contribution in [0.4, 0.5) is 10.5 Å². The minimum atomic E-state index is -0.165. The van der Waals surface area contributed by atoms with Crippen LogP contribution in [0.25, 0.3) is 10.8 Å². The average molecular weight is 332 g/mol. The number of hydrogen-bond acceptors (Lipinski definition) is 2. The Morgan fingerprint density at radius 2 is 1.87 bits per heavy atom. The Morgan fingerprint density at radius 3 is 2.52 bits per heavy atom. The molecule has 3 rings (SSSR count). The van der Waals surface area contributed by atoms with E-state index in [2.05, 4.69) is 10.6 Å². The van der Waals surface area contributed by atoms with Gasteiger partial charge in [0.2, 0.25) is 5.91 Å². The fourth-order valence-corrected chi connectivity index (χ4v) is 3.17. The van der Waals surface area contributed by atoms with E-state index in [4.69, 9.17) is 11.6 Å². The highest BCUT2D eigenvalue weighted by Crippen LogP contribution is 2.33. The molecule has 0 aromatic heterocycles. The first kappa shape index (κ1) is 15.6. The zero-order chi connectivity index (χ0) is 16.6. The van der Waals surface area contributed by atoms with Crippen LogP contribution in [-0.2, 0) is 4.79 Å². The largest absolute Gasteiger partial charge is 0.350 e. The molecule has 1 heterocycles. The molecule has 2 aromatic rings. The molecule has 3 amide bonds. The normalized spacial score (nSPS) is 14.5. The number of benzene rings is 2. The summed E-state index contributed by atoms with van der Waals surface area (Å²) in [4.78, 5) is 25.0. The first-order chi connectivity index (χ1) is 11.0. The van der Waals surface area contributed by atoms with Gasteiger partial charge in [-0.2, -0.15) is 0 Å². The van der Waals surface area contributed by atoms with Crippen LogP contribution in [0.15, 0.2) is 30.3 Å². The number of rotatable bonds is 2. The number of carbonyl (C=O) groups is 2. The van der Waals surface area contributed by atoms with Crippen molar-refractivity contribution in [2.45, 2.75) is 19.9 Å². The number of nitrogens with one attached hydrogen (secondary N) is 2. The second-order valence-electron chi connectivity index (χ2n) is 5.83. The lowest BCUT2D eigenvalue weighted by Crippen LogP contribution is -2.61. The number of amides is 3. The van der Waals surface area contributed by atoms with Gasteiger partial charge in [0.1, 0.15) is 0 Å². The molecule has 1 saturated heterocycles. The fourth-order valence-electron chi connectivity index (χ4n) is 2.84. The number of halogens is 1. The third-order valence-electron chi connectivity index (χ3n) is 4.00. The van der Waals surface area contributed by atoms with Crippen molar-refractivity contribution in [3.05, 3.63) is 40.9 Å². The van der Waals surface area contributed by atoms with E-state index >= 15 is 0 Å². The maximum absolute atomic E-state index is 12.4. The highest BCUT2D eigenvalue weighted by molar-refractivity contribution is 6.36. The van der Waals surface area contributed by atoms with Crippen molar-refractivity contribution in [3.8, 4) is 0 Å². The molecule has 1 aliphatic rings. The van der Waals surface area contributed by atoms with Crippen LogP contribution < -0.4 is 10.6 Å². The zero-order valence-electron chi connectivity index (χ0n) is 13.0. The number of urea groups is 1. The molecule has 0 atom stereocenters. The highest BCUT2D eigenvalue weighted by Gasteiger charge is 2.31. The summed E-state index contributed by atoms with van der Waals surface area (Å²) in [6, 6.07) is 9.45. The van der Waals surface area contributed by atoms with Crippen molar-refractivity contribution in [3.63, 3.8) is 0 Å². The molecule has 0 saturated carbocycles. The molecule has 5 nitrogen and oxygen atoms in total. The maximum atomic E-state index is 12.4. The Morgan fingerprint density at radius 1 is 1.22 bits per heavy atom. The van der Waals surface area contributed by atoms with Gasteiger partial charge >= 0.3 is 6.03 Å². The Labute approximate surface area is 139 Å². The van der Waals surface area contributed by atoms with Gasteiger partial charge in [-0.3, -0.25) is 4.79 Å². The van der Waals surface area contributed by atoms with E-state index in [0.717, 1.165) is 22.0 Å². The standard InChI is InChI=1S/C17H18ClN3O2/c1-10-7-15(18)13-5-3-4-6-14(13)16(10)20-17(23)21-8-12(9-21)19-11(2)22/h3-7,12H,8-9H2,1-2H3,(H,19,22)(H,20,23). The highest BCUT2D eigenvalue weighted by atomic mass is 35.5. The number of aryl methyl sites for hydroxylation is 1. The number of carbonyl (C=O) groups excluding carboxylic acids is 2. The first-order valence-electron chi connectivity index (χ1n) is 7.46. The van der Waals surface area contributed by atoms with Crippen LogP contribution in [0.2, 0.25) is 5.02 Å². The Balaban J connectivity index is 1.77. The maximum Gasteiger partial charge on any atom is 0.322 e. The van der Waals surface area contributed by atoms with Gasteiger partial charge < -0.3 is 15.5 Å². The van der Waals surface area contributed by atoms with E-state index in [1.807, 2.05) is 37.3 Å². The number of likely N-dealkylation sites (tertiary alicyclic amines) is 1. The van der Waals surface area contributed by atoms with Crippen molar-refractivity contribution >= 4 is 40.0 Å². The summed E-state index contributed by atoms with van der Waals surface area (Å²) in [5, 5.41) is 8.28. The molecular formula is C17H18ClN3O2. The monoisotopic (exact) mass is 331 g/mol. The number of anilines is 1. The third kappa shape index (κ3) is 3.10. The van der Waals surface area contributed by atoms with Crippen LogP contribution in [0.5, 0.6) is 0 Å². The summed E-state index contributed by atoms with van der Waals surface area (Å²) >= 11 is 6.28. The van der Waals surface area contributed by atoms with E-state index in [-0.39, 0.29) is 18.0 Å². The lowest BCUT2D eigenvalue weighted by molar-refractivity contribution is -0.120. The summed E-state index contributed by atoms with van der Waals surface area (Å²) in [6.07, 6.45) is 0. The Kier molecular flexibility index (Phi) is 4.13. The molecular weight excluding hydrogens is 314 g/mol. The van der Waals surface area contributed by atoms with E-state index in [0.29, 0.717) is 18.1 Å². The van der Waals surface area contributed by atoms with Crippen LogP contribution in [0, 0.1) is 6.92 Å². The molecule has 2 aromatic carbocycles. The van der Waals surface area contributed by atoms with E-state index in [1.165, 1.54) is 6.92 Å². The predicted octanol–water partition coefficient (Wildman–Crippen LogP) is 3.15. The van der Waals surface area contributed by atoms with Gasteiger partial charge in [-0.25, -0.2) is 4.79 Å². The minimum absolute atomic E-state index is 0.0429. The van der Waals surface area contributed by atoms with Gasteiger partial charge in [-0.15, -0.1) is 0 Å². The van der Waals surface area contributed by atoms with Gasteiger partial charge in [0.15, 0.2) is 0 Å². The summed E-state index contributed by atoms with van der Waals surface area (Å²) < 4.78 is 0. The molecule has 0 spiro atoms. The van der Waals surface area contributed by atoms with Crippen LogP contribution in [0.3, 0.4) is 0 Å². The van der Waals surface area contributed by atoms with Crippen LogP contribution in [-0.4, -0.2) is 36.0 Å². The smallest absolute Gasteiger partial charge is 0.322 e. The summed E-state index contributed by atoms with van der Waals surface area (Å²) in [5.41, 5.74) is 1.69. The molecule has 120 valence electrons. The van der Waals surface area contributed by atoms with E-state index in [9.17, 15) is 9.59 Å². The number of fused-ring (bicyclic) bond motifs is 1. The van der Waals surface area contributed by atoms with Crippen molar-refractivity contribution in [2.75, 3.05) is 18.4 Å². The molecule has 0 unspecified atom stereocenters. The van der Waals surface area contributed by atoms with Crippen molar-refractivity contribution in [1.29, 1.82) is 0 Å². The Bertz CT molecular complexity index is 785. The van der Waals surface area contributed by atoms with Crippen molar-refractivity contribution in [2.24, 2.45) is 0 Å². The molecule has 0 radical (unpaired) electrons. The molecule has 23 heavy (non-hydrogen) atoms. The van der Waals surface area contributed by atoms with Gasteiger partial charge in [0.25, 0.3) is 0 Å². The molecule has 0 bridgehead atoms. The van der Waals surface area contributed by atoms with Gasteiger partial charge in [0, 0.05) is 35.8 Å². The summed E-state index contributed by atoms with van der Waals surface area (Å²) in [7, 11) is 0. The van der Waals surface area contributed by atoms with Gasteiger partial charge in [-0.05, 0) is 18.6 Å². The molecule has 1 fully saturated rings. The van der Waals surface area contributed by atoms with Gasteiger partial charge in [0.05, 0.1) is 11.7 Å². The zero-order valence-corrected chi connectivity index (χ0v) is 13.8. The Hall–Kier alpha value is -2.27. The topological polar surface area (TPSA) is 61.4 Å². The van der Waals surface area contributed by atoms with Gasteiger partial charge in [-0.1, -0.05) is 35.9 Å². The van der Waals surface area contributed by atoms with E-state index in [1.54, 1.807) is 4.90 Å². The quantitative estimate of drug-likeness (QED) is 0.888. The third-order valence-corrected chi connectivity index (χ3v) is 4.31. The molecule has 1 aliphatic heterocycles. The molecule has 6 heteroatoms. The summed E-state index contributed by atoms with van der Waals surface area (Å²) in [5.74, 6) is -0.0744. The second-order valence-corrected chi connectivity index (χ2v) is 6.24. The molecule has 0 aliphatic carbocycles. The lowest BCUT2D eigenvalue weighted by Gasteiger charge is -2.39. The fraction of sp³-hybridized carbons (Fsp3) is 0.294. The first-order valence-corrected chi connectivity index (χ1v) is 7.84. The van der Waals surface area contributed by atoms with Crippen LogP contribution in [0.1, 0.15) is 12.5 Å². The molecule has 2 N–H and O–H groups in total.